The summed E-state index contributed by atoms with van der Waals surface area (Å²) in [6, 6.07) is 11.2. The molecular formula is C26H31F2N4O7P. The quantitative estimate of drug-likeness (QED) is 0.203. The number of urea groups is 1. The zero-order chi connectivity index (χ0) is 29.3. The van der Waals surface area contributed by atoms with Crippen molar-refractivity contribution in [1.29, 1.82) is 0 Å². The number of phosphoric ester groups is 1. The first kappa shape index (κ1) is 30.9. The van der Waals surface area contributed by atoms with Gasteiger partial charge in [0.25, 0.3) is 0 Å². The molecule has 0 spiro atoms. The molecule has 40 heavy (non-hydrogen) atoms. The number of fused-ring (bicyclic) bond motifs is 1. The van der Waals surface area contributed by atoms with Crippen molar-refractivity contribution in [1.82, 2.24) is 15.2 Å². The van der Waals surface area contributed by atoms with E-state index in [0.29, 0.717) is 0 Å². The summed E-state index contributed by atoms with van der Waals surface area (Å²) >= 11 is 0. The SMILES string of the molecule is COP(=O)(OC)OCCCC(CN(C(=O)O)c1cc2ccccc2cn1)N(C)C(=O)NCc1cccc(F)c1F. The zero-order valence-electron chi connectivity index (χ0n) is 22.3. The highest BCUT2D eigenvalue weighted by Crippen LogP contribution is 2.47. The number of nitrogens with one attached hydrogen (secondary N) is 1. The highest BCUT2D eigenvalue weighted by Gasteiger charge is 2.28. The van der Waals surface area contributed by atoms with E-state index in [2.05, 4.69) is 10.3 Å². The average molecular weight is 581 g/mol. The normalized spacial score (nSPS) is 12.2. The Morgan fingerprint density at radius 2 is 1.80 bits per heavy atom. The molecule has 1 aromatic heterocycles. The van der Waals surface area contributed by atoms with Crippen LogP contribution in [0.5, 0.6) is 0 Å². The lowest BCUT2D eigenvalue weighted by molar-refractivity contribution is 0.143. The van der Waals surface area contributed by atoms with E-state index in [-0.39, 0.29) is 43.9 Å². The van der Waals surface area contributed by atoms with Gasteiger partial charge >= 0.3 is 19.9 Å². The maximum absolute atomic E-state index is 14.1. The number of nitrogens with zero attached hydrogens (tertiary/aromatic N) is 3. The number of carbonyl (C=O) groups is 2. The lowest BCUT2D eigenvalue weighted by Gasteiger charge is -2.32. The van der Waals surface area contributed by atoms with Crippen LogP contribution in [-0.4, -0.2) is 67.6 Å². The summed E-state index contributed by atoms with van der Waals surface area (Å²) in [6.07, 6.45) is 0.725. The number of hydrogen-bond acceptors (Lipinski definition) is 7. The monoisotopic (exact) mass is 580 g/mol. The lowest BCUT2D eigenvalue weighted by Crippen LogP contribution is -2.50. The van der Waals surface area contributed by atoms with Crippen molar-refractivity contribution < 1.29 is 41.6 Å². The first-order valence-corrected chi connectivity index (χ1v) is 13.7. The molecule has 0 aliphatic heterocycles. The van der Waals surface area contributed by atoms with Gasteiger partial charge < -0.3 is 15.3 Å². The summed E-state index contributed by atoms with van der Waals surface area (Å²) in [7, 11) is 0.0739. The van der Waals surface area contributed by atoms with E-state index in [1.807, 2.05) is 24.3 Å². The molecule has 14 heteroatoms. The zero-order valence-corrected chi connectivity index (χ0v) is 23.1. The largest absolute Gasteiger partial charge is 0.474 e. The van der Waals surface area contributed by atoms with Crippen LogP contribution in [0.2, 0.25) is 0 Å². The Morgan fingerprint density at radius 1 is 1.10 bits per heavy atom. The van der Waals surface area contributed by atoms with Crippen LogP contribution in [0.1, 0.15) is 18.4 Å². The number of benzene rings is 2. The number of carbonyl (C=O) groups excluding carboxylic acids is 1. The van der Waals surface area contributed by atoms with Gasteiger partial charge in [-0.25, -0.2) is 27.9 Å². The predicted octanol–water partition coefficient (Wildman–Crippen LogP) is 5.41. The number of rotatable bonds is 13. The molecule has 0 aliphatic rings. The average Bonchev–Trinajstić information content (AvgIpc) is 2.96. The van der Waals surface area contributed by atoms with Crippen molar-refractivity contribution in [3.63, 3.8) is 0 Å². The van der Waals surface area contributed by atoms with Gasteiger partial charge in [0.15, 0.2) is 11.6 Å². The second-order valence-electron chi connectivity index (χ2n) is 8.71. The fourth-order valence-electron chi connectivity index (χ4n) is 3.93. The number of anilines is 1. The lowest BCUT2D eigenvalue weighted by atomic mass is 10.1. The van der Waals surface area contributed by atoms with E-state index in [9.17, 15) is 28.0 Å². The van der Waals surface area contributed by atoms with Crippen molar-refractivity contribution >= 4 is 36.5 Å². The van der Waals surface area contributed by atoms with Gasteiger partial charge in [-0.05, 0) is 30.4 Å². The molecule has 216 valence electrons. The van der Waals surface area contributed by atoms with Gasteiger partial charge in [0.2, 0.25) is 0 Å². The van der Waals surface area contributed by atoms with E-state index < -0.39 is 37.6 Å². The first-order valence-electron chi connectivity index (χ1n) is 12.2. The van der Waals surface area contributed by atoms with Crippen molar-refractivity contribution in [3.05, 3.63) is 71.9 Å². The summed E-state index contributed by atoms with van der Waals surface area (Å²) in [5.41, 5.74) is -0.0471. The summed E-state index contributed by atoms with van der Waals surface area (Å²) in [5, 5.41) is 14.1. The van der Waals surface area contributed by atoms with Gasteiger partial charge in [-0.1, -0.05) is 36.4 Å². The molecule has 0 saturated carbocycles. The molecule has 0 radical (unpaired) electrons. The predicted molar refractivity (Wildman–Crippen MR) is 144 cm³/mol. The fourth-order valence-corrected chi connectivity index (χ4v) is 4.64. The Labute approximate surface area is 230 Å². The van der Waals surface area contributed by atoms with Crippen LogP contribution in [0.3, 0.4) is 0 Å². The van der Waals surface area contributed by atoms with E-state index in [1.54, 1.807) is 12.3 Å². The third-order valence-corrected chi connectivity index (χ3v) is 7.62. The van der Waals surface area contributed by atoms with Crippen LogP contribution in [-0.2, 0) is 24.7 Å². The van der Waals surface area contributed by atoms with Gasteiger partial charge in [0.05, 0.1) is 19.2 Å². The van der Waals surface area contributed by atoms with Crippen molar-refractivity contribution in [2.24, 2.45) is 0 Å². The minimum absolute atomic E-state index is 0.0471. The Balaban J connectivity index is 1.79. The molecule has 0 aliphatic carbocycles. The first-order chi connectivity index (χ1) is 19.1. The molecule has 0 saturated heterocycles. The maximum atomic E-state index is 14.1. The second-order valence-corrected chi connectivity index (χ2v) is 10.6. The third kappa shape index (κ3) is 7.95. The van der Waals surface area contributed by atoms with Crippen LogP contribution in [0.25, 0.3) is 10.8 Å². The van der Waals surface area contributed by atoms with Crippen LogP contribution < -0.4 is 10.2 Å². The molecule has 3 rings (SSSR count). The Bertz CT molecular complexity index is 1370. The molecule has 1 heterocycles. The highest BCUT2D eigenvalue weighted by atomic mass is 31.2. The summed E-state index contributed by atoms with van der Waals surface area (Å²) < 4.78 is 54.5. The van der Waals surface area contributed by atoms with Gasteiger partial charge in [-0.2, -0.15) is 0 Å². The number of phosphoric acid groups is 1. The van der Waals surface area contributed by atoms with Crippen LogP contribution in [0.15, 0.2) is 54.7 Å². The maximum Gasteiger partial charge on any atom is 0.474 e. The molecular weight excluding hydrogens is 549 g/mol. The summed E-state index contributed by atoms with van der Waals surface area (Å²) in [4.78, 5) is 31.8. The van der Waals surface area contributed by atoms with Gasteiger partial charge in [0.1, 0.15) is 5.82 Å². The van der Waals surface area contributed by atoms with Gasteiger partial charge in [-0.3, -0.25) is 18.5 Å². The van der Waals surface area contributed by atoms with Gasteiger partial charge in [0, 0.05) is 45.0 Å². The third-order valence-electron chi connectivity index (χ3n) is 6.23. The highest BCUT2D eigenvalue weighted by molar-refractivity contribution is 7.48. The molecule has 1 atom stereocenters. The van der Waals surface area contributed by atoms with Crippen LogP contribution in [0.4, 0.5) is 24.2 Å². The number of aromatic nitrogens is 1. The number of halogens is 2. The Kier molecular flexibility index (Phi) is 10.9. The standard InChI is InChI=1S/C26H31F2N4O7P/c1-31(25(33)30-16-20-10-6-12-22(27)24(20)28)21(11-7-13-39-40(36,37-2)38-3)17-32(26(34)35)23-14-18-8-4-5-9-19(18)15-29-23/h4-6,8-10,12,14-15,21H,7,11,13,16-17H2,1-3H3,(H,30,33)(H,34,35). The summed E-state index contributed by atoms with van der Waals surface area (Å²) in [5.74, 6) is -1.95. The molecule has 2 N–H and O–H groups in total. The van der Waals surface area contributed by atoms with E-state index in [1.165, 1.54) is 38.3 Å². The molecule has 1 unspecified atom stereocenters. The minimum atomic E-state index is -3.73. The van der Waals surface area contributed by atoms with Gasteiger partial charge in [-0.15, -0.1) is 0 Å². The fraction of sp³-hybridized carbons (Fsp3) is 0.346. The molecule has 11 nitrogen and oxygen atoms in total. The molecule has 2 aromatic carbocycles. The van der Waals surface area contributed by atoms with Crippen molar-refractivity contribution in [2.75, 3.05) is 39.3 Å². The van der Waals surface area contributed by atoms with E-state index >= 15 is 0 Å². The Hall–Kier alpha value is -3.64. The van der Waals surface area contributed by atoms with E-state index in [4.69, 9.17) is 13.6 Å². The molecule has 3 amide bonds. The number of carboxylic acid groups (broad SMARTS) is 1. The number of likely N-dealkylation sites (N-methyl/N-ethyl adjacent to an activating group) is 1. The molecule has 0 fully saturated rings. The second kappa shape index (κ2) is 14.1. The minimum Gasteiger partial charge on any atom is -0.465 e. The number of hydrogen-bond donors (Lipinski definition) is 2. The molecule has 0 bridgehead atoms. The van der Waals surface area contributed by atoms with Crippen molar-refractivity contribution in [2.45, 2.75) is 25.4 Å². The number of amides is 3. The smallest absolute Gasteiger partial charge is 0.465 e. The topological polar surface area (TPSA) is 131 Å². The van der Waals surface area contributed by atoms with Crippen LogP contribution in [0, 0.1) is 11.6 Å². The van der Waals surface area contributed by atoms with E-state index in [0.717, 1.165) is 21.7 Å². The number of pyridine rings is 1. The Morgan fingerprint density at radius 3 is 2.48 bits per heavy atom. The summed E-state index contributed by atoms with van der Waals surface area (Å²) in [6.45, 7) is -0.534. The van der Waals surface area contributed by atoms with Crippen LogP contribution >= 0.6 is 7.82 Å². The molecule has 3 aromatic rings. The van der Waals surface area contributed by atoms with Crippen molar-refractivity contribution in [3.8, 4) is 0 Å².